The molecular formula is C20H34ClIN4O. The number of benzene rings is 1. The van der Waals surface area contributed by atoms with Gasteiger partial charge >= 0.3 is 0 Å². The Morgan fingerprint density at radius 3 is 2.89 bits per heavy atom. The second-order valence-electron chi connectivity index (χ2n) is 7.10. The average Bonchev–Trinajstić information content (AvgIpc) is 2.60. The Bertz CT molecular complexity index is 587. The van der Waals surface area contributed by atoms with Gasteiger partial charge in [0, 0.05) is 37.3 Å². The fourth-order valence-corrected chi connectivity index (χ4v) is 3.92. The van der Waals surface area contributed by atoms with Crippen molar-refractivity contribution >= 4 is 41.5 Å². The molecule has 0 aromatic heterocycles. The van der Waals surface area contributed by atoms with Crippen LogP contribution in [0.5, 0.6) is 0 Å². The highest BCUT2D eigenvalue weighted by atomic mass is 127. The number of aliphatic imine (C=N–C) groups is 1. The second-order valence-corrected chi connectivity index (χ2v) is 7.54. The minimum atomic E-state index is 0. The molecule has 3 unspecified atom stereocenters. The first-order valence-electron chi connectivity index (χ1n) is 9.54. The molecule has 0 amide bonds. The second kappa shape index (κ2) is 12.8. The number of ether oxygens (including phenoxy) is 1. The first-order valence-corrected chi connectivity index (χ1v) is 9.92. The predicted octanol–water partition coefficient (Wildman–Crippen LogP) is 3.93. The lowest BCUT2D eigenvalue weighted by atomic mass is 9.85. The summed E-state index contributed by atoms with van der Waals surface area (Å²) in [6.45, 7) is 7.58. The number of hydrogen-bond acceptors (Lipinski definition) is 3. The SMILES string of the molecule is CCNC(=NCC1CCCN(C)C1c1cccc(Cl)c1)NC(C)COC.I. The van der Waals surface area contributed by atoms with Crippen LogP contribution in [0.25, 0.3) is 0 Å². The van der Waals surface area contributed by atoms with Gasteiger partial charge in [-0.2, -0.15) is 0 Å². The largest absolute Gasteiger partial charge is 0.383 e. The van der Waals surface area contributed by atoms with Crippen molar-refractivity contribution in [2.75, 3.05) is 40.4 Å². The molecule has 0 bridgehead atoms. The number of hydrogen-bond donors (Lipinski definition) is 2. The molecule has 1 aromatic rings. The maximum atomic E-state index is 6.24. The minimum absolute atomic E-state index is 0. The normalized spacial score (nSPS) is 22.0. The smallest absolute Gasteiger partial charge is 0.191 e. The van der Waals surface area contributed by atoms with E-state index in [1.54, 1.807) is 7.11 Å². The van der Waals surface area contributed by atoms with Crippen LogP contribution in [0.2, 0.25) is 5.02 Å². The first kappa shape index (κ1) is 24.5. The van der Waals surface area contributed by atoms with Crippen molar-refractivity contribution in [3.63, 3.8) is 0 Å². The van der Waals surface area contributed by atoms with E-state index in [0.29, 0.717) is 18.6 Å². The number of nitrogens with zero attached hydrogens (tertiary/aromatic N) is 2. The maximum Gasteiger partial charge on any atom is 0.191 e. The summed E-state index contributed by atoms with van der Waals surface area (Å²) >= 11 is 6.24. The topological polar surface area (TPSA) is 48.9 Å². The quantitative estimate of drug-likeness (QED) is 0.333. The van der Waals surface area contributed by atoms with Gasteiger partial charge in [0.2, 0.25) is 0 Å². The fourth-order valence-electron chi connectivity index (χ4n) is 3.72. The van der Waals surface area contributed by atoms with Crippen molar-refractivity contribution in [1.29, 1.82) is 0 Å². The summed E-state index contributed by atoms with van der Waals surface area (Å²) in [4.78, 5) is 7.30. The summed E-state index contributed by atoms with van der Waals surface area (Å²) < 4.78 is 5.21. The molecule has 7 heteroatoms. The third-order valence-electron chi connectivity index (χ3n) is 4.83. The summed E-state index contributed by atoms with van der Waals surface area (Å²) in [7, 11) is 3.92. The molecule has 1 aliphatic rings. The molecule has 1 fully saturated rings. The van der Waals surface area contributed by atoms with Gasteiger partial charge in [0.25, 0.3) is 0 Å². The molecule has 1 saturated heterocycles. The van der Waals surface area contributed by atoms with Gasteiger partial charge in [-0.1, -0.05) is 23.7 Å². The molecule has 1 aliphatic heterocycles. The van der Waals surface area contributed by atoms with Crippen LogP contribution in [0.3, 0.4) is 0 Å². The van der Waals surface area contributed by atoms with Gasteiger partial charge in [0.1, 0.15) is 0 Å². The molecule has 1 aromatic carbocycles. The molecule has 3 atom stereocenters. The Balaban J connectivity index is 0.00000364. The van der Waals surface area contributed by atoms with Gasteiger partial charge in [-0.05, 0) is 63.9 Å². The predicted molar refractivity (Wildman–Crippen MR) is 125 cm³/mol. The molecule has 0 saturated carbocycles. The molecule has 0 aliphatic carbocycles. The van der Waals surface area contributed by atoms with Crippen LogP contribution in [-0.4, -0.2) is 57.3 Å². The summed E-state index contributed by atoms with van der Waals surface area (Å²) in [6.07, 6.45) is 2.38. The number of rotatable bonds is 7. The van der Waals surface area contributed by atoms with E-state index in [1.807, 2.05) is 12.1 Å². The highest BCUT2D eigenvalue weighted by Crippen LogP contribution is 2.36. The van der Waals surface area contributed by atoms with Gasteiger partial charge < -0.3 is 15.4 Å². The molecule has 0 spiro atoms. The van der Waals surface area contributed by atoms with Crippen LogP contribution < -0.4 is 10.6 Å². The Labute approximate surface area is 186 Å². The van der Waals surface area contributed by atoms with E-state index >= 15 is 0 Å². The zero-order chi connectivity index (χ0) is 18.9. The van der Waals surface area contributed by atoms with Crippen LogP contribution in [0.4, 0.5) is 0 Å². The number of guanidine groups is 1. The number of methoxy groups -OCH3 is 1. The van der Waals surface area contributed by atoms with Gasteiger partial charge in [0.05, 0.1) is 6.61 Å². The third kappa shape index (κ3) is 7.75. The van der Waals surface area contributed by atoms with Crippen molar-refractivity contribution in [2.24, 2.45) is 10.9 Å². The summed E-state index contributed by atoms with van der Waals surface area (Å²) in [5, 5.41) is 7.55. The number of halogens is 2. The highest BCUT2D eigenvalue weighted by Gasteiger charge is 2.30. The molecule has 1 heterocycles. The van der Waals surface area contributed by atoms with Gasteiger partial charge in [-0.25, -0.2) is 0 Å². The highest BCUT2D eigenvalue weighted by molar-refractivity contribution is 14.0. The standard InChI is InChI=1S/C20H33ClN4O.HI/c1-5-22-20(24-15(2)14-26-4)23-13-17-9-7-11-25(3)19(17)16-8-6-10-18(21)12-16;/h6,8,10,12,15,17,19H,5,7,9,11,13-14H2,1-4H3,(H2,22,23,24);1H. The third-order valence-corrected chi connectivity index (χ3v) is 5.06. The fraction of sp³-hybridized carbons (Fsp3) is 0.650. The van der Waals surface area contributed by atoms with Crippen molar-refractivity contribution in [3.8, 4) is 0 Å². The van der Waals surface area contributed by atoms with E-state index < -0.39 is 0 Å². The first-order chi connectivity index (χ1) is 12.5. The summed E-state index contributed by atoms with van der Waals surface area (Å²) in [5.41, 5.74) is 1.28. The van der Waals surface area contributed by atoms with Crippen LogP contribution in [0.15, 0.2) is 29.3 Å². The molecule has 2 N–H and O–H groups in total. The zero-order valence-corrected chi connectivity index (χ0v) is 20.0. The van der Waals surface area contributed by atoms with Crippen molar-refractivity contribution < 1.29 is 4.74 Å². The van der Waals surface area contributed by atoms with E-state index in [4.69, 9.17) is 21.3 Å². The molecule has 5 nitrogen and oxygen atoms in total. The van der Waals surface area contributed by atoms with Crippen molar-refractivity contribution in [3.05, 3.63) is 34.9 Å². The Hall–Kier alpha value is -0.570. The van der Waals surface area contributed by atoms with Crippen LogP contribution in [0, 0.1) is 5.92 Å². The van der Waals surface area contributed by atoms with Crippen molar-refractivity contribution in [2.45, 2.75) is 38.8 Å². The van der Waals surface area contributed by atoms with E-state index in [0.717, 1.165) is 30.6 Å². The Kier molecular flexibility index (Phi) is 11.6. The molecular weight excluding hydrogens is 475 g/mol. The number of nitrogens with one attached hydrogen (secondary N) is 2. The van der Waals surface area contributed by atoms with E-state index in [9.17, 15) is 0 Å². The number of likely N-dealkylation sites (tertiary alicyclic amines) is 1. The lowest BCUT2D eigenvalue weighted by Gasteiger charge is -2.39. The van der Waals surface area contributed by atoms with Crippen LogP contribution in [0.1, 0.15) is 38.3 Å². The number of piperidine rings is 1. The maximum absolute atomic E-state index is 6.24. The van der Waals surface area contributed by atoms with E-state index in [1.165, 1.54) is 18.4 Å². The van der Waals surface area contributed by atoms with Crippen LogP contribution in [-0.2, 0) is 4.74 Å². The average molecular weight is 509 g/mol. The van der Waals surface area contributed by atoms with E-state index in [2.05, 4.69) is 48.6 Å². The van der Waals surface area contributed by atoms with Gasteiger partial charge in [0.15, 0.2) is 5.96 Å². The summed E-state index contributed by atoms with van der Waals surface area (Å²) in [5.74, 6) is 1.33. The van der Waals surface area contributed by atoms with Gasteiger partial charge in [-0.3, -0.25) is 9.89 Å². The molecule has 27 heavy (non-hydrogen) atoms. The van der Waals surface area contributed by atoms with Gasteiger partial charge in [-0.15, -0.1) is 24.0 Å². The minimum Gasteiger partial charge on any atom is -0.383 e. The van der Waals surface area contributed by atoms with Crippen molar-refractivity contribution in [1.82, 2.24) is 15.5 Å². The monoisotopic (exact) mass is 508 g/mol. The zero-order valence-electron chi connectivity index (χ0n) is 16.9. The van der Waals surface area contributed by atoms with Crippen LogP contribution >= 0.6 is 35.6 Å². The van der Waals surface area contributed by atoms with E-state index in [-0.39, 0.29) is 30.0 Å². The Morgan fingerprint density at radius 2 is 2.22 bits per heavy atom. The Morgan fingerprint density at radius 1 is 1.44 bits per heavy atom. The lowest BCUT2D eigenvalue weighted by molar-refractivity contribution is 0.125. The lowest BCUT2D eigenvalue weighted by Crippen LogP contribution is -2.44. The summed E-state index contributed by atoms with van der Waals surface area (Å²) in [6, 6.07) is 8.82. The molecule has 154 valence electrons. The molecule has 2 rings (SSSR count). The molecule has 0 radical (unpaired) electrons.